The van der Waals surface area contributed by atoms with E-state index in [-0.39, 0.29) is 0 Å². The molecule has 0 aliphatic rings. The van der Waals surface area contributed by atoms with Gasteiger partial charge >= 0.3 is 0 Å². The molecular weight excluding hydrogens is 336 g/mol. The van der Waals surface area contributed by atoms with E-state index in [0.29, 0.717) is 12.1 Å². The van der Waals surface area contributed by atoms with E-state index in [1.165, 1.54) is 5.56 Å². The normalized spacial score (nSPS) is 13.4. The molecule has 1 heterocycles. The van der Waals surface area contributed by atoms with E-state index >= 15 is 0 Å². The number of hydrogen-bond acceptors (Lipinski definition) is 3. The minimum Gasteiger partial charge on any atom is -0.497 e. The van der Waals surface area contributed by atoms with Crippen LogP contribution in [0.25, 0.3) is 16.9 Å². The Kier molecular flexibility index (Phi) is 5.66. The number of ether oxygens (including phenoxy) is 1. The number of nitrogens with zero attached hydrogens (tertiary/aromatic N) is 2. The van der Waals surface area contributed by atoms with Crippen LogP contribution in [0.15, 0.2) is 54.6 Å². The molecule has 0 saturated heterocycles. The van der Waals surface area contributed by atoms with Crippen molar-refractivity contribution < 1.29 is 9.84 Å². The monoisotopic (exact) mass is 364 g/mol. The molecule has 2 aromatic carbocycles. The zero-order valence-electron chi connectivity index (χ0n) is 16.6. The first-order chi connectivity index (χ1) is 13.0. The van der Waals surface area contributed by atoms with Gasteiger partial charge in [0.05, 0.1) is 24.2 Å². The summed E-state index contributed by atoms with van der Waals surface area (Å²) < 4.78 is 7.17. The zero-order valence-corrected chi connectivity index (χ0v) is 16.6. The number of hydrogen-bond donors (Lipinski definition) is 1. The van der Waals surface area contributed by atoms with Gasteiger partial charge in [-0.15, -0.1) is 0 Å². The Bertz CT molecular complexity index is 813. The maximum absolute atomic E-state index is 10.9. The topological polar surface area (TPSA) is 47.3 Å². The highest BCUT2D eigenvalue weighted by molar-refractivity contribution is 5.63. The van der Waals surface area contributed by atoms with Gasteiger partial charge in [-0.2, -0.15) is 5.10 Å². The Morgan fingerprint density at radius 2 is 1.70 bits per heavy atom. The molecule has 3 aromatic rings. The van der Waals surface area contributed by atoms with Gasteiger partial charge in [-0.25, -0.2) is 4.68 Å². The Labute approximate surface area is 161 Å². The third kappa shape index (κ3) is 4.06. The lowest BCUT2D eigenvalue weighted by molar-refractivity contribution is 0.0421. The van der Waals surface area contributed by atoms with Crippen LogP contribution in [-0.2, 0) is 12.0 Å². The van der Waals surface area contributed by atoms with Crippen molar-refractivity contribution in [2.24, 2.45) is 0 Å². The average Bonchev–Trinajstić information content (AvgIpc) is 3.14. The molecule has 4 nitrogen and oxygen atoms in total. The van der Waals surface area contributed by atoms with Crippen LogP contribution < -0.4 is 4.74 Å². The fourth-order valence-corrected chi connectivity index (χ4v) is 3.30. The quantitative estimate of drug-likeness (QED) is 0.633. The number of aryl methyl sites for hydroxylation is 1. The summed E-state index contributed by atoms with van der Waals surface area (Å²) in [5.41, 5.74) is 4.01. The van der Waals surface area contributed by atoms with E-state index in [9.17, 15) is 5.11 Å². The molecule has 0 bridgehead atoms. The van der Waals surface area contributed by atoms with Crippen LogP contribution >= 0.6 is 0 Å². The maximum Gasteiger partial charge on any atom is 0.119 e. The van der Waals surface area contributed by atoms with Crippen LogP contribution in [0.3, 0.4) is 0 Å². The Balaban J connectivity index is 2.11. The molecule has 27 heavy (non-hydrogen) atoms. The van der Waals surface area contributed by atoms with Gasteiger partial charge in [-0.1, -0.05) is 44.5 Å². The first-order valence-corrected chi connectivity index (χ1v) is 9.55. The molecule has 3 rings (SSSR count). The van der Waals surface area contributed by atoms with Crippen LogP contribution in [-0.4, -0.2) is 22.0 Å². The van der Waals surface area contributed by atoms with Gasteiger partial charge in [0.1, 0.15) is 11.4 Å². The minimum absolute atomic E-state index is 0.667. The van der Waals surface area contributed by atoms with Gasteiger partial charge in [0.2, 0.25) is 0 Å². The second kappa shape index (κ2) is 7.97. The van der Waals surface area contributed by atoms with Gasteiger partial charge in [0.15, 0.2) is 0 Å². The molecule has 0 aliphatic heterocycles. The van der Waals surface area contributed by atoms with Crippen LogP contribution in [0.1, 0.15) is 44.9 Å². The van der Waals surface area contributed by atoms with Gasteiger partial charge in [-0.05, 0) is 55.7 Å². The highest BCUT2D eigenvalue weighted by Gasteiger charge is 2.27. The van der Waals surface area contributed by atoms with Crippen LogP contribution in [0.4, 0.5) is 0 Å². The van der Waals surface area contributed by atoms with Crippen molar-refractivity contribution in [3.8, 4) is 22.7 Å². The SMILES string of the molecule is CCCC(C)(O)c1cc(-c2ccc(CC)cc2)n(-c2ccc(OC)cc2)n1. The van der Waals surface area contributed by atoms with Crippen LogP contribution in [0.5, 0.6) is 5.75 Å². The third-order valence-corrected chi connectivity index (χ3v) is 4.97. The van der Waals surface area contributed by atoms with Gasteiger partial charge < -0.3 is 9.84 Å². The smallest absolute Gasteiger partial charge is 0.119 e. The Hall–Kier alpha value is -2.59. The molecule has 1 aromatic heterocycles. The van der Waals surface area contributed by atoms with Gasteiger partial charge in [-0.3, -0.25) is 0 Å². The van der Waals surface area contributed by atoms with E-state index in [2.05, 4.69) is 38.1 Å². The standard InChI is InChI=1S/C23H28N2O2/c1-5-15-23(3,26)22-16-21(18-9-7-17(6-2)8-10-18)25(24-22)19-11-13-20(27-4)14-12-19/h7-14,16,26H,5-6,15H2,1-4H3. The molecule has 0 amide bonds. The zero-order chi connectivity index (χ0) is 19.4. The van der Waals surface area contributed by atoms with Crippen molar-refractivity contribution in [3.05, 3.63) is 65.9 Å². The summed E-state index contributed by atoms with van der Waals surface area (Å²) in [6.45, 7) is 6.05. The van der Waals surface area contributed by atoms with Crippen molar-refractivity contribution in [2.45, 2.75) is 45.6 Å². The molecule has 1 atom stereocenters. The van der Waals surface area contributed by atoms with Gasteiger partial charge in [0, 0.05) is 5.56 Å². The molecule has 0 radical (unpaired) electrons. The van der Waals surface area contributed by atoms with Crippen molar-refractivity contribution in [1.29, 1.82) is 0 Å². The fourth-order valence-electron chi connectivity index (χ4n) is 3.30. The Morgan fingerprint density at radius 1 is 1.04 bits per heavy atom. The Morgan fingerprint density at radius 3 is 2.26 bits per heavy atom. The summed E-state index contributed by atoms with van der Waals surface area (Å²) in [4.78, 5) is 0. The molecule has 1 N–H and O–H groups in total. The molecule has 4 heteroatoms. The van der Waals surface area contributed by atoms with Crippen molar-refractivity contribution in [2.75, 3.05) is 7.11 Å². The summed E-state index contributed by atoms with van der Waals surface area (Å²) in [6.07, 6.45) is 2.57. The minimum atomic E-state index is -0.954. The molecule has 0 aliphatic carbocycles. The highest BCUT2D eigenvalue weighted by Crippen LogP contribution is 2.31. The molecule has 1 unspecified atom stereocenters. The van der Waals surface area contributed by atoms with Gasteiger partial charge in [0.25, 0.3) is 0 Å². The second-order valence-corrected chi connectivity index (χ2v) is 7.10. The van der Waals surface area contributed by atoms with Crippen molar-refractivity contribution in [1.82, 2.24) is 9.78 Å². The summed E-state index contributed by atoms with van der Waals surface area (Å²) in [7, 11) is 1.66. The lowest BCUT2D eigenvalue weighted by atomic mass is 9.96. The molecule has 0 saturated carbocycles. The van der Waals surface area contributed by atoms with Crippen LogP contribution in [0.2, 0.25) is 0 Å². The maximum atomic E-state index is 10.9. The molecule has 142 valence electrons. The number of rotatable bonds is 7. The number of aromatic nitrogens is 2. The lowest BCUT2D eigenvalue weighted by Crippen LogP contribution is -2.21. The first-order valence-electron chi connectivity index (χ1n) is 9.55. The first kappa shape index (κ1) is 19.2. The fraction of sp³-hybridized carbons (Fsp3) is 0.348. The highest BCUT2D eigenvalue weighted by atomic mass is 16.5. The predicted octanol–water partition coefficient (Wildman–Crippen LogP) is 5.12. The van der Waals surface area contributed by atoms with E-state index in [1.807, 2.05) is 41.9 Å². The van der Waals surface area contributed by atoms with E-state index in [1.54, 1.807) is 7.11 Å². The summed E-state index contributed by atoms with van der Waals surface area (Å²) in [6, 6.07) is 18.3. The molecular formula is C23H28N2O2. The second-order valence-electron chi connectivity index (χ2n) is 7.10. The number of benzene rings is 2. The molecule has 0 fully saturated rings. The van der Waals surface area contributed by atoms with Crippen molar-refractivity contribution in [3.63, 3.8) is 0 Å². The largest absolute Gasteiger partial charge is 0.497 e. The summed E-state index contributed by atoms with van der Waals surface area (Å²) in [5, 5.41) is 15.7. The number of methoxy groups -OCH3 is 1. The van der Waals surface area contributed by atoms with E-state index in [4.69, 9.17) is 9.84 Å². The summed E-state index contributed by atoms with van der Waals surface area (Å²) >= 11 is 0. The summed E-state index contributed by atoms with van der Waals surface area (Å²) in [5.74, 6) is 0.804. The number of aliphatic hydroxyl groups is 1. The lowest BCUT2D eigenvalue weighted by Gasteiger charge is -2.19. The van der Waals surface area contributed by atoms with E-state index < -0.39 is 5.60 Å². The predicted molar refractivity (Wildman–Crippen MR) is 109 cm³/mol. The van der Waals surface area contributed by atoms with E-state index in [0.717, 1.165) is 35.5 Å². The van der Waals surface area contributed by atoms with Crippen LogP contribution in [0, 0.1) is 0 Å². The average molecular weight is 364 g/mol. The third-order valence-electron chi connectivity index (χ3n) is 4.97. The molecule has 0 spiro atoms. The van der Waals surface area contributed by atoms with Crippen molar-refractivity contribution >= 4 is 0 Å².